The number of aromatic nitrogens is 4. The molecule has 2 aromatic heterocycles. The van der Waals surface area contributed by atoms with E-state index in [0.29, 0.717) is 12.0 Å². The van der Waals surface area contributed by atoms with E-state index >= 15 is 0 Å². The molecule has 0 unspecified atom stereocenters. The van der Waals surface area contributed by atoms with Crippen LogP contribution in [0.2, 0.25) is 0 Å². The highest BCUT2D eigenvalue weighted by molar-refractivity contribution is 5.87. The van der Waals surface area contributed by atoms with Gasteiger partial charge in [-0.05, 0) is 12.8 Å². The number of H-pyrrole nitrogens is 1. The van der Waals surface area contributed by atoms with Crippen molar-refractivity contribution in [2.75, 3.05) is 17.7 Å². The lowest BCUT2D eigenvalue weighted by molar-refractivity contribution is 0.471. The van der Waals surface area contributed by atoms with Crippen molar-refractivity contribution in [3.05, 3.63) is 6.20 Å². The number of fused-ring (bicyclic) bond motifs is 1. The molecule has 0 amide bonds. The minimum atomic E-state index is 0.507. The van der Waals surface area contributed by atoms with Gasteiger partial charge in [0.05, 0.1) is 11.6 Å². The predicted octanol–water partition coefficient (Wildman–Crippen LogP) is 2.92. The molecule has 0 aliphatic heterocycles. The summed E-state index contributed by atoms with van der Waals surface area (Å²) in [4.78, 5) is 8.91. The van der Waals surface area contributed by atoms with Gasteiger partial charge in [-0.25, -0.2) is 0 Å². The lowest BCUT2D eigenvalue weighted by atomic mass is 9.97. The maximum atomic E-state index is 4.55. The van der Waals surface area contributed by atoms with E-state index in [9.17, 15) is 0 Å². The van der Waals surface area contributed by atoms with E-state index in [1.165, 1.54) is 44.9 Å². The highest BCUT2D eigenvalue weighted by Gasteiger charge is 2.15. The van der Waals surface area contributed by atoms with E-state index < -0.39 is 0 Å². The van der Waals surface area contributed by atoms with Gasteiger partial charge in [0.15, 0.2) is 5.65 Å². The quantitative estimate of drug-likeness (QED) is 0.802. The Hall–Kier alpha value is -1.85. The third kappa shape index (κ3) is 2.84. The van der Waals surface area contributed by atoms with E-state index in [4.69, 9.17) is 0 Å². The SMILES string of the molecule is CNc1nc(NC2CCCCCCC2)c2cn[nH]c2n1. The molecule has 1 saturated carbocycles. The van der Waals surface area contributed by atoms with Crippen LogP contribution in [0.5, 0.6) is 0 Å². The first-order valence-corrected chi connectivity index (χ1v) is 7.52. The maximum Gasteiger partial charge on any atom is 0.226 e. The van der Waals surface area contributed by atoms with Crippen molar-refractivity contribution in [3.63, 3.8) is 0 Å². The number of rotatable bonds is 3. The van der Waals surface area contributed by atoms with Gasteiger partial charge in [-0.1, -0.05) is 32.1 Å². The summed E-state index contributed by atoms with van der Waals surface area (Å²) in [7, 11) is 1.83. The van der Waals surface area contributed by atoms with Gasteiger partial charge in [-0.3, -0.25) is 5.10 Å². The molecular weight excluding hydrogens is 252 g/mol. The van der Waals surface area contributed by atoms with Gasteiger partial charge in [-0.15, -0.1) is 0 Å². The molecule has 108 valence electrons. The third-order valence-electron chi connectivity index (χ3n) is 3.98. The van der Waals surface area contributed by atoms with Crippen LogP contribution in [0.1, 0.15) is 44.9 Å². The lowest BCUT2D eigenvalue weighted by Gasteiger charge is -2.22. The minimum absolute atomic E-state index is 0.507. The first kappa shape index (κ1) is 13.1. The average molecular weight is 274 g/mol. The molecule has 1 fully saturated rings. The number of nitrogens with zero attached hydrogens (tertiary/aromatic N) is 3. The van der Waals surface area contributed by atoms with Crippen LogP contribution in [0, 0.1) is 0 Å². The maximum absolute atomic E-state index is 4.55. The summed E-state index contributed by atoms with van der Waals surface area (Å²) < 4.78 is 0. The zero-order valence-corrected chi connectivity index (χ0v) is 11.9. The van der Waals surface area contributed by atoms with Crippen molar-refractivity contribution in [2.45, 2.75) is 51.0 Å². The lowest BCUT2D eigenvalue weighted by Crippen LogP contribution is -2.21. The van der Waals surface area contributed by atoms with Crippen LogP contribution < -0.4 is 10.6 Å². The minimum Gasteiger partial charge on any atom is -0.367 e. The Morgan fingerprint density at radius 2 is 1.85 bits per heavy atom. The molecule has 6 heteroatoms. The monoisotopic (exact) mass is 274 g/mol. The zero-order chi connectivity index (χ0) is 13.8. The van der Waals surface area contributed by atoms with Gasteiger partial charge >= 0.3 is 0 Å². The summed E-state index contributed by atoms with van der Waals surface area (Å²) in [6, 6.07) is 0.507. The van der Waals surface area contributed by atoms with Crippen molar-refractivity contribution >= 4 is 22.8 Å². The second-order valence-corrected chi connectivity index (χ2v) is 5.46. The Bertz CT molecular complexity index is 556. The van der Waals surface area contributed by atoms with Crippen LogP contribution in [-0.4, -0.2) is 33.3 Å². The molecule has 6 nitrogen and oxygen atoms in total. The van der Waals surface area contributed by atoms with Crippen molar-refractivity contribution in [1.29, 1.82) is 0 Å². The van der Waals surface area contributed by atoms with E-state index in [2.05, 4.69) is 30.8 Å². The second kappa shape index (κ2) is 6.07. The largest absolute Gasteiger partial charge is 0.367 e. The standard InChI is InChI=1S/C14H22N6/c1-15-14-18-12(11-9-16-20-13(11)19-14)17-10-7-5-3-2-4-6-8-10/h9-10H,2-8H2,1H3,(H3,15,16,17,18,19,20). The second-order valence-electron chi connectivity index (χ2n) is 5.46. The number of hydrogen-bond acceptors (Lipinski definition) is 5. The molecule has 3 N–H and O–H groups in total. The van der Waals surface area contributed by atoms with E-state index in [0.717, 1.165) is 16.9 Å². The molecule has 0 bridgehead atoms. The molecule has 0 atom stereocenters. The Labute approximate surface area is 118 Å². The van der Waals surface area contributed by atoms with Gasteiger partial charge in [-0.2, -0.15) is 15.1 Å². The normalized spacial score (nSPS) is 17.6. The predicted molar refractivity (Wildman–Crippen MR) is 81.0 cm³/mol. The van der Waals surface area contributed by atoms with Crippen LogP contribution in [-0.2, 0) is 0 Å². The van der Waals surface area contributed by atoms with Gasteiger partial charge < -0.3 is 10.6 Å². The molecule has 2 aromatic rings. The molecule has 3 rings (SSSR count). The number of aromatic amines is 1. The molecule has 20 heavy (non-hydrogen) atoms. The summed E-state index contributed by atoms with van der Waals surface area (Å²) >= 11 is 0. The number of hydrogen-bond donors (Lipinski definition) is 3. The third-order valence-corrected chi connectivity index (χ3v) is 3.98. The summed E-state index contributed by atoms with van der Waals surface area (Å²) in [5, 5.41) is 14.5. The highest BCUT2D eigenvalue weighted by Crippen LogP contribution is 2.24. The smallest absolute Gasteiger partial charge is 0.226 e. The average Bonchev–Trinajstić information content (AvgIpc) is 2.89. The summed E-state index contributed by atoms with van der Waals surface area (Å²) in [6.07, 6.45) is 10.9. The fourth-order valence-corrected chi connectivity index (χ4v) is 2.85. The van der Waals surface area contributed by atoms with E-state index in [1.54, 1.807) is 6.20 Å². The van der Waals surface area contributed by atoms with Gasteiger partial charge in [0.1, 0.15) is 5.82 Å². The van der Waals surface area contributed by atoms with Crippen LogP contribution in [0.4, 0.5) is 11.8 Å². The summed E-state index contributed by atoms with van der Waals surface area (Å²) in [5.74, 6) is 1.51. The van der Waals surface area contributed by atoms with Crippen molar-refractivity contribution in [2.24, 2.45) is 0 Å². The zero-order valence-electron chi connectivity index (χ0n) is 11.9. The Morgan fingerprint density at radius 1 is 1.10 bits per heavy atom. The fraction of sp³-hybridized carbons (Fsp3) is 0.643. The summed E-state index contributed by atoms with van der Waals surface area (Å²) in [5.41, 5.74) is 0.776. The molecule has 2 heterocycles. The molecule has 1 aliphatic carbocycles. The van der Waals surface area contributed by atoms with Gasteiger partial charge in [0.25, 0.3) is 0 Å². The number of nitrogens with one attached hydrogen (secondary N) is 3. The van der Waals surface area contributed by atoms with Crippen LogP contribution >= 0.6 is 0 Å². The van der Waals surface area contributed by atoms with Crippen molar-refractivity contribution < 1.29 is 0 Å². The van der Waals surface area contributed by atoms with Gasteiger partial charge in [0, 0.05) is 13.1 Å². The molecule has 0 radical (unpaired) electrons. The summed E-state index contributed by atoms with van der Waals surface area (Å²) in [6.45, 7) is 0. The van der Waals surface area contributed by atoms with Crippen LogP contribution in [0.25, 0.3) is 11.0 Å². The molecular formula is C14H22N6. The molecule has 0 aromatic carbocycles. The fourth-order valence-electron chi connectivity index (χ4n) is 2.85. The molecule has 0 spiro atoms. The molecule has 0 saturated heterocycles. The highest BCUT2D eigenvalue weighted by atomic mass is 15.2. The van der Waals surface area contributed by atoms with Crippen LogP contribution in [0.3, 0.4) is 0 Å². The van der Waals surface area contributed by atoms with Gasteiger partial charge in [0.2, 0.25) is 5.95 Å². The molecule has 1 aliphatic rings. The Kier molecular flexibility index (Phi) is 3.99. The first-order chi connectivity index (χ1) is 9.86. The Morgan fingerprint density at radius 3 is 2.60 bits per heavy atom. The topological polar surface area (TPSA) is 78.5 Å². The van der Waals surface area contributed by atoms with E-state index in [-0.39, 0.29) is 0 Å². The Balaban J connectivity index is 1.82. The number of anilines is 2. The van der Waals surface area contributed by atoms with Crippen molar-refractivity contribution in [3.8, 4) is 0 Å². The van der Waals surface area contributed by atoms with E-state index in [1.807, 2.05) is 7.05 Å². The van der Waals surface area contributed by atoms with Crippen LogP contribution in [0.15, 0.2) is 6.20 Å². The van der Waals surface area contributed by atoms with Crippen molar-refractivity contribution in [1.82, 2.24) is 20.2 Å². The first-order valence-electron chi connectivity index (χ1n) is 7.52.